The molecule has 0 spiro atoms. The van der Waals surface area contributed by atoms with Crippen molar-refractivity contribution in [3.8, 4) is 9.75 Å². The van der Waals surface area contributed by atoms with Crippen molar-refractivity contribution < 1.29 is 0 Å². The fourth-order valence-electron chi connectivity index (χ4n) is 1.23. The van der Waals surface area contributed by atoms with Gasteiger partial charge in [0.15, 0.2) is 0 Å². The summed E-state index contributed by atoms with van der Waals surface area (Å²) >= 11 is 3.65. The molecule has 0 bridgehead atoms. The van der Waals surface area contributed by atoms with Crippen molar-refractivity contribution in [2.24, 2.45) is 0 Å². The van der Waals surface area contributed by atoms with Crippen molar-refractivity contribution in [3.05, 3.63) is 40.6 Å². The van der Waals surface area contributed by atoms with Crippen LogP contribution in [-0.4, -0.2) is 0 Å². The van der Waals surface area contributed by atoms with Crippen LogP contribution in [0.3, 0.4) is 0 Å². The maximum Gasteiger partial charge on any atom is 0.0448 e. The summed E-state index contributed by atoms with van der Waals surface area (Å²) in [7, 11) is 0. The molecule has 2 aromatic rings. The molecule has 0 fully saturated rings. The second-order valence-electron chi connectivity index (χ2n) is 2.99. The molecule has 0 aliphatic carbocycles. The van der Waals surface area contributed by atoms with E-state index < -0.39 is 0 Å². The van der Waals surface area contributed by atoms with E-state index in [-0.39, 0.29) is 0 Å². The average Bonchev–Trinajstić information content (AvgIpc) is 2.85. The summed E-state index contributed by atoms with van der Waals surface area (Å²) in [5, 5.41) is 2.12. The highest BCUT2D eigenvalue weighted by Gasteiger charge is 2.00. The lowest BCUT2D eigenvalue weighted by Gasteiger charge is -1.87. The Balaban J connectivity index is 2.22. The van der Waals surface area contributed by atoms with E-state index in [1.165, 1.54) is 14.6 Å². The highest BCUT2D eigenvalue weighted by molar-refractivity contribution is 7.21. The van der Waals surface area contributed by atoms with Gasteiger partial charge in [0.1, 0.15) is 0 Å². The van der Waals surface area contributed by atoms with E-state index in [1.807, 2.05) is 11.3 Å². The molecule has 0 radical (unpaired) electrons. The van der Waals surface area contributed by atoms with Crippen LogP contribution >= 0.6 is 22.7 Å². The molecule has 2 heterocycles. The summed E-state index contributed by atoms with van der Waals surface area (Å²) in [5.74, 6) is 0. The van der Waals surface area contributed by atoms with Gasteiger partial charge in [-0.25, -0.2) is 0 Å². The predicted molar refractivity (Wildman–Crippen MR) is 67.0 cm³/mol. The van der Waals surface area contributed by atoms with Crippen molar-refractivity contribution >= 4 is 28.7 Å². The van der Waals surface area contributed by atoms with Gasteiger partial charge < -0.3 is 0 Å². The Morgan fingerprint density at radius 2 is 2.14 bits per heavy atom. The largest absolute Gasteiger partial charge is 0.143 e. The Hall–Kier alpha value is -0.860. The molecular weight excluding hydrogens is 208 g/mol. The monoisotopic (exact) mass is 220 g/mol. The summed E-state index contributed by atoms with van der Waals surface area (Å²) in [6, 6.07) is 8.66. The minimum absolute atomic E-state index is 1.10. The van der Waals surface area contributed by atoms with Crippen molar-refractivity contribution in [3.63, 3.8) is 0 Å². The molecule has 0 saturated carbocycles. The molecule has 2 rings (SSSR count). The van der Waals surface area contributed by atoms with E-state index in [0.717, 1.165) is 6.42 Å². The van der Waals surface area contributed by atoms with Crippen molar-refractivity contribution in [2.75, 3.05) is 0 Å². The van der Waals surface area contributed by atoms with Crippen molar-refractivity contribution in [2.45, 2.75) is 13.3 Å². The smallest absolute Gasteiger partial charge is 0.0448 e. The van der Waals surface area contributed by atoms with Gasteiger partial charge in [-0.3, -0.25) is 0 Å². The molecule has 0 atom stereocenters. The Morgan fingerprint density at radius 3 is 2.86 bits per heavy atom. The van der Waals surface area contributed by atoms with Crippen LogP contribution in [0.15, 0.2) is 35.7 Å². The minimum Gasteiger partial charge on any atom is -0.143 e. The van der Waals surface area contributed by atoms with E-state index in [0.29, 0.717) is 0 Å². The molecule has 0 unspecified atom stereocenters. The standard InChI is InChI=1S/C12H12S2/c1-2-3-5-10-7-8-12(14-10)11-6-4-9-13-11/h3-9H,2H2,1H3. The summed E-state index contributed by atoms with van der Waals surface area (Å²) in [6.07, 6.45) is 5.50. The summed E-state index contributed by atoms with van der Waals surface area (Å²) in [5.41, 5.74) is 0. The second kappa shape index (κ2) is 4.58. The highest BCUT2D eigenvalue weighted by atomic mass is 32.1. The molecule has 0 saturated heterocycles. The van der Waals surface area contributed by atoms with Gasteiger partial charge in [-0.1, -0.05) is 19.1 Å². The zero-order valence-electron chi connectivity index (χ0n) is 8.07. The van der Waals surface area contributed by atoms with Gasteiger partial charge in [0.05, 0.1) is 0 Å². The van der Waals surface area contributed by atoms with E-state index >= 15 is 0 Å². The number of allylic oxidation sites excluding steroid dienone is 1. The first-order valence-corrected chi connectivity index (χ1v) is 6.40. The van der Waals surface area contributed by atoms with Crippen molar-refractivity contribution in [1.29, 1.82) is 0 Å². The first-order chi connectivity index (χ1) is 6.90. The SMILES string of the molecule is CCC=Cc1ccc(-c2cccs2)s1. The Kier molecular flexibility index (Phi) is 3.17. The van der Waals surface area contributed by atoms with Crippen LogP contribution in [0.1, 0.15) is 18.2 Å². The van der Waals surface area contributed by atoms with Crippen molar-refractivity contribution in [1.82, 2.24) is 0 Å². The van der Waals surface area contributed by atoms with Gasteiger partial charge >= 0.3 is 0 Å². The van der Waals surface area contributed by atoms with Gasteiger partial charge in [0.25, 0.3) is 0 Å². The molecule has 0 amide bonds. The summed E-state index contributed by atoms with van der Waals surface area (Å²) in [4.78, 5) is 4.08. The maximum atomic E-state index is 2.20. The zero-order valence-corrected chi connectivity index (χ0v) is 9.70. The quantitative estimate of drug-likeness (QED) is 0.690. The summed E-state index contributed by atoms with van der Waals surface area (Å²) < 4.78 is 0. The van der Waals surface area contributed by atoms with E-state index in [2.05, 4.69) is 48.7 Å². The normalized spacial score (nSPS) is 11.2. The van der Waals surface area contributed by atoms with Gasteiger partial charge in [0.2, 0.25) is 0 Å². The molecule has 0 aliphatic heterocycles. The molecule has 0 nitrogen and oxygen atoms in total. The zero-order chi connectivity index (χ0) is 9.80. The predicted octanol–water partition coefficient (Wildman–Crippen LogP) is 4.90. The number of thiophene rings is 2. The third-order valence-electron chi connectivity index (χ3n) is 1.91. The molecule has 0 aliphatic rings. The second-order valence-corrected chi connectivity index (χ2v) is 5.05. The van der Waals surface area contributed by atoms with Crippen LogP contribution in [0.25, 0.3) is 15.8 Å². The molecule has 72 valence electrons. The maximum absolute atomic E-state index is 2.20. The first kappa shape index (κ1) is 9.69. The summed E-state index contributed by atoms with van der Waals surface area (Å²) in [6.45, 7) is 2.16. The minimum atomic E-state index is 1.10. The van der Waals surface area contributed by atoms with Crippen LogP contribution in [-0.2, 0) is 0 Å². The van der Waals surface area contributed by atoms with Gasteiger partial charge in [-0.05, 0) is 36.1 Å². The molecule has 14 heavy (non-hydrogen) atoms. The Morgan fingerprint density at radius 1 is 1.21 bits per heavy atom. The third kappa shape index (κ3) is 2.14. The molecule has 0 aromatic carbocycles. The van der Waals surface area contributed by atoms with E-state index in [1.54, 1.807) is 11.3 Å². The molecule has 2 heteroatoms. The lowest BCUT2D eigenvalue weighted by molar-refractivity contribution is 1.23. The lowest BCUT2D eigenvalue weighted by atomic mass is 10.3. The number of rotatable bonds is 3. The van der Waals surface area contributed by atoms with Crippen LogP contribution in [0, 0.1) is 0 Å². The number of hydrogen-bond acceptors (Lipinski definition) is 2. The van der Waals surface area contributed by atoms with Crippen LogP contribution in [0.2, 0.25) is 0 Å². The van der Waals surface area contributed by atoms with Crippen LogP contribution in [0.5, 0.6) is 0 Å². The number of hydrogen-bond donors (Lipinski definition) is 0. The molecule has 0 N–H and O–H groups in total. The lowest BCUT2D eigenvalue weighted by Crippen LogP contribution is -1.56. The molecule has 2 aromatic heterocycles. The Labute approximate surface area is 92.5 Å². The highest BCUT2D eigenvalue weighted by Crippen LogP contribution is 2.31. The van der Waals surface area contributed by atoms with Crippen LogP contribution in [0.4, 0.5) is 0 Å². The fraction of sp³-hybridized carbons (Fsp3) is 0.167. The fourth-order valence-corrected chi connectivity index (χ4v) is 3.00. The molecular formula is C12H12S2. The van der Waals surface area contributed by atoms with Gasteiger partial charge in [0, 0.05) is 14.6 Å². The van der Waals surface area contributed by atoms with Gasteiger partial charge in [-0.2, -0.15) is 0 Å². The van der Waals surface area contributed by atoms with Gasteiger partial charge in [-0.15, -0.1) is 22.7 Å². The van der Waals surface area contributed by atoms with Crippen LogP contribution < -0.4 is 0 Å². The average molecular weight is 220 g/mol. The van der Waals surface area contributed by atoms with E-state index in [4.69, 9.17) is 0 Å². The third-order valence-corrected chi connectivity index (χ3v) is 4.02. The first-order valence-electron chi connectivity index (χ1n) is 4.70. The van der Waals surface area contributed by atoms with E-state index in [9.17, 15) is 0 Å². The Bertz CT molecular complexity index is 407. The topological polar surface area (TPSA) is 0 Å².